The summed E-state index contributed by atoms with van der Waals surface area (Å²) in [7, 11) is 0. The minimum atomic E-state index is 0.524. The summed E-state index contributed by atoms with van der Waals surface area (Å²) in [6, 6.07) is 11.2. The van der Waals surface area contributed by atoms with E-state index in [-0.39, 0.29) is 0 Å². The molecule has 2 N–H and O–H groups in total. The first-order valence-corrected chi connectivity index (χ1v) is 7.49. The highest BCUT2D eigenvalue weighted by Crippen LogP contribution is 2.36. The maximum absolute atomic E-state index is 4.01. The molecule has 20 heavy (non-hydrogen) atoms. The first kappa shape index (κ1) is 13.2. The van der Waals surface area contributed by atoms with Gasteiger partial charge in [-0.05, 0) is 49.3 Å². The van der Waals surface area contributed by atoms with E-state index in [0.29, 0.717) is 11.5 Å². The zero-order chi connectivity index (χ0) is 14.0. The number of anilines is 1. The Morgan fingerprint density at radius 3 is 2.70 bits per heavy atom. The molecule has 0 bridgehead atoms. The molecule has 1 saturated carbocycles. The topological polar surface area (TPSA) is 40.7 Å². The first-order chi connectivity index (χ1) is 9.62. The molecule has 1 aliphatic carbocycles. The quantitative estimate of drug-likeness (QED) is 0.863. The van der Waals surface area contributed by atoms with Gasteiger partial charge in [0.15, 0.2) is 0 Å². The van der Waals surface area contributed by atoms with Gasteiger partial charge in [-0.15, -0.1) is 0 Å². The maximum atomic E-state index is 4.01. The number of nitrogens with zero attached hydrogens (tertiary/aromatic N) is 1. The molecule has 1 aromatic heterocycles. The van der Waals surface area contributed by atoms with Gasteiger partial charge >= 0.3 is 0 Å². The minimum absolute atomic E-state index is 0.524. The normalized spacial score (nSPS) is 18.9. The van der Waals surface area contributed by atoms with Crippen LogP contribution in [0, 0.1) is 5.41 Å². The molecule has 0 radical (unpaired) electrons. The Kier molecular flexibility index (Phi) is 3.51. The molecule has 0 unspecified atom stereocenters. The van der Waals surface area contributed by atoms with Crippen molar-refractivity contribution in [1.82, 2.24) is 10.2 Å². The Morgan fingerprint density at radius 1 is 1.20 bits per heavy atom. The van der Waals surface area contributed by atoms with Crippen molar-refractivity contribution in [2.24, 2.45) is 5.41 Å². The second kappa shape index (κ2) is 5.31. The standard InChI is InChI=1S/C17H23N3/c1-17(2)9-6-14(7-10-17)19-15-5-3-4-13(12-15)16-8-11-18-20-16/h3-5,8,11-12,14,19H,6-7,9-10H2,1-2H3,(H,18,20). The average molecular weight is 269 g/mol. The van der Waals surface area contributed by atoms with Crippen LogP contribution in [0.5, 0.6) is 0 Å². The van der Waals surface area contributed by atoms with Crippen LogP contribution in [0.25, 0.3) is 11.3 Å². The van der Waals surface area contributed by atoms with E-state index in [2.05, 4.69) is 53.6 Å². The van der Waals surface area contributed by atoms with Crippen molar-refractivity contribution in [3.05, 3.63) is 36.5 Å². The third kappa shape index (κ3) is 3.03. The van der Waals surface area contributed by atoms with Gasteiger partial charge in [-0.1, -0.05) is 26.0 Å². The molecular weight excluding hydrogens is 246 g/mol. The van der Waals surface area contributed by atoms with Gasteiger partial charge in [-0.25, -0.2) is 0 Å². The monoisotopic (exact) mass is 269 g/mol. The lowest BCUT2D eigenvalue weighted by Crippen LogP contribution is -2.29. The number of aromatic nitrogens is 2. The molecule has 0 spiro atoms. The number of rotatable bonds is 3. The lowest BCUT2D eigenvalue weighted by Gasteiger charge is -2.35. The lowest BCUT2D eigenvalue weighted by molar-refractivity contribution is 0.232. The third-order valence-electron chi connectivity index (χ3n) is 4.38. The molecule has 3 nitrogen and oxygen atoms in total. The van der Waals surface area contributed by atoms with Gasteiger partial charge in [-0.2, -0.15) is 5.10 Å². The molecule has 3 rings (SSSR count). The molecule has 1 fully saturated rings. The fourth-order valence-electron chi connectivity index (χ4n) is 2.97. The van der Waals surface area contributed by atoms with Gasteiger partial charge in [0.1, 0.15) is 0 Å². The average Bonchev–Trinajstić information content (AvgIpc) is 2.96. The van der Waals surface area contributed by atoms with Crippen LogP contribution in [0.2, 0.25) is 0 Å². The summed E-state index contributed by atoms with van der Waals surface area (Å²) in [5.41, 5.74) is 3.99. The Bertz CT molecular complexity index is 547. The number of nitrogens with one attached hydrogen (secondary N) is 2. The first-order valence-electron chi connectivity index (χ1n) is 7.49. The second-order valence-electron chi connectivity index (χ2n) is 6.63. The zero-order valence-electron chi connectivity index (χ0n) is 12.3. The van der Waals surface area contributed by atoms with Crippen LogP contribution >= 0.6 is 0 Å². The maximum Gasteiger partial charge on any atom is 0.0650 e. The van der Waals surface area contributed by atoms with E-state index in [1.165, 1.54) is 36.9 Å². The van der Waals surface area contributed by atoms with Gasteiger partial charge in [-0.3, -0.25) is 5.10 Å². The molecule has 2 aromatic rings. The zero-order valence-corrected chi connectivity index (χ0v) is 12.3. The summed E-state index contributed by atoms with van der Waals surface area (Å²) in [6.45, 7) is 4.75. The Hall–Kier alpha value is -1.77. The van der Waals surface area contributed by atoms with Gasteiger partial charge in [0, 0.05) is 23.5 Å². The molecule has 3 heteroatoms. The fraction of sp³-hybridized carbons (Fsp3) is 0.471. The molecule has 0 saturated heterocycles. The number of hydrogen-bond acceptors (Lipinski definition) is 2. The van der Waals surface area contributed by atoms with E-state index in [1.807, 2.05) is 6.07 Å². The van der Waals surface area contributed by atoms with Gasteiger partial charge < -0.3 is 5.32 Å². The van der Waals surface area contributed by atoms with E-state index in [9.17, 15) is 0 Å². The van der Waals surface area contributed by atoms with Gasteiger partial charge in [0.2, 0.25) is 0 Å². The molecule has 0 aliphatic heterocycles. The summed E-state index contributed by atoms with van der Waals surface area (Å²) in [6.07, 6.45) is 6.94. The van der Waals surface area contributed by atoms with E-state index in [1.54, 1.807) is 6.20 Å². The Balaban J connectivity index is 1.68. The van der Waals surface area contributed by atoms with Crippen LogP contribution in [-0.4, -0.2) is 16.2 Å². The number of benzene rings is 1. The summed E-state index contributed by atoms with van der Waals surface area (Å²) in [4.78, 5) is 0. The predicted molar refractivity (Wildman–Crippen MR) is 83.7 cm³/mol. The van der Waals surface area contributed by atoms with E-state index in [4.69, 9.17) is 0 Å². The van der Waals surface area contributed by atoms with Crippen molar-refractivity contribution < 1.29 is 0 Å². The molecule has 106 valence electrons. The van der Waals surface area contributed by atoms with Crippen molar-refractivity contribution in [1.29, 1.82) is 0 Å². The molecule has 1 aliphatic rings. The highest BCUT2D eigenvalue weighted by molar-refractivity contribution is 5.64. The molecule has 1 heterocycles. The molecule has 1 aromatic carbocycles. The largest absolute Gasteiger partial charge is 0.382 e. The summed E-state index contributed by atoms with van der Waals surface area (Å²) in [5, 5.41) is 10.7. The summed E-state index contributed by atoms with van der Waals surface area (Å²) >= 11 is 0. The SMILES string of the molecule is CC1(C)CCC(Nc2cccc(-c3ccn[nH]3)c2)CC1. The van der Waals surface area contributed by atoms with Crippen molar-refractivity contribution >= 4 is 5.69 Å². The van der Waals surface area contributed by atoms with Crippen LogP contribution in [0.4, 0.5) is 5.69 Å². The van der Waals surface area contributed by atoms with Crippen molar-refractivity contribution in [2.45, 2.75) is 45.6 Å². The highest BCUT2D eigenvalue weighted by Gasteiger charge is 2.26. The fourth-order valence-corrected chi connectivity index (χ4v) is 2.97. The molecular formula is C17H23N3. The Labute approximate surface area is 120 Å². The lowest BCUT2D eigenvalue weighted by atomic mass is 9.75. The smallest absolute Gasteiger partial charge is 0.0650 e. The van der Waals surface area contributed by atoms with Crippen molar-refractivity contribution in [2.75, 3.05) is 5.32 Å². The van der Waals surface area contributed by atoms with Crippen molar-refractivity contribution in [3.63, 3.8) is 0 Å². The second-order valence-corrected chi connectivity index (χ2v) is 6.63. The number of hydrogen-bond donors (Lipinski definition) is 2. The van der Waals surface area contributed by atoms with Crippen LogP contribution < -0.4 is 5.32 Å². The summed E-state index contributed by atoms with van der Waals surface area (Å²) < 4.78 is 0. The van der Waals surface area contributed by atoms with Gasteiger partial charge in [0.05, 0.1) is 5.69 Å². The van der Waals surface area contributed by atoms with Crippen LogP contribution in [0.1, 0.15) is 39.5 Å². The predicted octanol–water partition coefficient (Wildman–Crippen LogP) is 4.46. The minimum Gasteiger partial charge on any atom is -0.382 e. The van der Waals surface area contributed by atoms with E-state index in [0.717, 1.165) is 5.69 Å². The van der Waals surface area contributed by atoms with E-state index < -0.39 is 0 Å². The van der Waals surface area contributed by atoms with Crippen LogP contribution in [0.3, 0.4) is 0 Å². The number of aromatic amines is 1. The Morgan fingerprint density at radius 2 is 2.00 bits per heavy atom. The van der Waals surface area contributed by atoms with Crippen molar-refractivity contribution in [3.8, 4) is 11.3 Å². The van der Waals surface area contributed by atoms with Crippen LogP contribution in [-0.2, 0) is 0 Å². The van der Waals surface area contributed by atoms with Crippen LogP contribution in [0.15, 0.2) is 36.5 Å². The van der Waals surface area contributed by atoms with Gasteiger partial charge in [0.25, 0.3) is 0 Å². The highest BCUT2D eigenvalue weighted by atomic mass is 15.1. The third-order valence-corrected chi connectivity index (χ3v) is 4.38. The summed E-state index contributed by atoms with van der Waals surface area (Å²) in [5.74, 6) is 0. The molecule has 0 atom stereocenters. The number of H-pyrrole nitrogens is 1. The molecule has 0 amide bonds. The van der Waals surface area contributed by atoms with E-state index >= 15 is 0 Å².